The fourth-order valence-electron chi connectivity index (χ4n) is 3.43. The predicted octanol–water partition coefficient (Wildman–Crippen LogP) is 5.31. The number of carbonyl (C=O) groups excluding carboxylic acids is 1. The minimum Gasteiger partial charge on any atom is -0.423 e. The maximum absolute atomic E-state index is 12.9. The van der Waals surface area contributed by atoms with E-state index in [0.29, 0.717) is 22.7 Å². The summed E-state index contributed by atoms with van der Waals surface area (Å²) in [5, 5.41) is 1.88. The van der Waals surface area contributed by atoms with Crippen molar-refractivity contribution in [3.63, 3.8) is 0 Å². The number of nitrogens with zero attached hydrogens (tertiary/aromatic N) is 2. The number of hydrogen-bond acceptors (Lipinski definition) is 5. The second kappa shape index (κ2) is 10.2. The molecule has 0 fully saturated rings. The van der Waals surface area contributed by atoms with E-state index in [0.717, 1.165) is 23.2 Å². The zero-order valence-corrected chi connectivity index (χ0v) is 20.5. The number of esters is 1. The predicted molar refractivity (Wildman–Crippen MR) is 133 cm³/mol. The number of aryl methyl sites for hydroxylation is 1. The summed E-state index contributed by atoms with van der Waals surface area (Å²) in [5.74, 6) is 0.00432. The number of carbonyl (C=O) groups is 1. The largest absolute Gasteiger partial charge is 0.423 e. The molecule has 3 aromatic carbocycles. The van der Waals surface area contributed by atoms with Gasteiger partial charge in [-0.3, -0.25) is 0 Å². The van der Waals surface area contributed by atoms with Crippen LogP contribution < -0.4 is 9.54 Å². The molecule has 1 heterocycles. The molecule has 0 saturated heterocycles. The van der Waals surface area contributed by atoms with Gasteiger partial charge in [-0.05, 0) is 73.0 Å². The van der Waals surface area contributed by atoms with Gasteiger partial charge in [-0.1, -0.05) is 37.3 Å². The van der Waals surface area contributed by atoms with Crippen LogP contribution in [-0.2, 0) is 23.0 Å². The summed E-state index contributed by atoms with van der Waals surface area (Å²) in [4.78, 5) is 12.8. The van der Waals surface area contributed by atoms with Crippen molar-refractivity contribution in [2.24, 2.45) is 4.40 Å². The van der Waals surface area contributed by atoms with Gasteiger partial charge in [0.2, 0.25) is 4.80 Å². The Morgan fingerprint density at radius 2 is 1.62 bits per heavy atom. The molecule has 0 atom stereocenters. The third-order valence-electron chi connectivity index (χ3n) is 5.31. The highest BCUT2D eigenvalue weighted by molar-refractivity contribution is 7.90. The number of ether oxygens (including phenoxy) is 1. The van der Waals surface area contributed by atoms with Gasteiger partial charge in [0, 0.05) is 11.9 Å². The van der Waals surface area contributed by atoms with Gasteiger partial charge in [0.1, 0.15) is 5.75 Å². The average molecular weight is 493 g/mol. The van der Waals surface area contributed by atoms with Crippen LogP contribution in [-0.4, -0.2) is 19.0 Å². The van der Waals surface area contributed by atoms with Crippen molar-refractivity contribution < 1.29 is 17.9 Å². The van der Waals surface area contributed by atoms with Gasteiger partial charge in [-0.15, -0.1) is 15.7 Å². The second-order valence-corrected chi connectivity index (χ2v) is 9.93. The molecule has 174 valence electrons. The molecule has 1 aromatic heterocycles. The van der Waals surface area contributed by atoms with Gasteiger partial charge in [0.15, 0.2) is 0 Å². The normalized spacial score (nSPS) is 12.0. The van der Waals surface area contributed by atoms with Crippen LogP contribution in [0.5, 0.6) is 5.75 Å². The molecular formula is C26H24N2O4S2. The molecule has 6 nitrogen and oxygen atoms in total. The topological polar surface area (TPSA) is 77.7 Å². The Balaban J connectivity index is 1.60. The van der Waals surface area contributed by atoms with Crippen LogP contribution in [0, 0.1) is 0 Å². The zero-order chi connectivity index (χ0) is 24.1. The molecule has 34 heavy (non-hydrogen) atoms. The molecular weight excluding hydrogens is 468 g/mol. The van der Waals surface area contributed by atoms with Crippen molar-refractivity contribution in [3.8, 4) is 17.0 Å². The Hall–Kier alpha value is -3.49. The highest BCUT2D eigenvalue weighted by Crippen LogP contribution is 2.24. The van der Waals surface area contributed by atoms with Gasteiger partial charge in [-0.2, -0.15) is 8.42 Å². The monoisotopic (exact) mass is 492 g/mol. The van der Waals surface area contributed by atoms with Crippen molar-refractivity contribution in [2.45, 2.75) is 31.7 Å². The minimum atomic E-state index is -3.83. The highest BCUT2D eigenvalue weighted by atomic mass is 32.2. The fraction of sp³-hybridized carbons (Fsp3) is 0.154. The molecule has 0 aliphatic carbocycles. The van der Waals surface area contributed by atoms with E-state index in [2.05, 4.69) is 4.40 Å². The molecule has 0 unspecified atom stereocenters. The fourth-order valence-corrected chi connectivity index (χ4v) is 5.62. The number of sulfonamides is 1. The summed E-state index contributed by atoms with van der Waals surface area (Å²) >= 11 is 1.27. The maximum atomic E-state index is 12.9. The van der Waals surface area contributed by atoms with Crippen molar-refractivity contribution in [1.82, 2.24) is 4.57 Å². The summed E-state index contributed by atoms with van der Waals surface area (Å²) in [6.07, 6.45) is 0.839. The van der Waals surface area contributed by atoms with Gasteiger partial charge in [0.25, 0.3) is 10.0 Å². The van der Waals surface area contributed by atoms with Gasteiger partial charge < -0.3 is 9.30 Å². The molecule has 0 amide bonds. The van der Waals surface area contributed by atoms with Crippen LogP contribution in [0.15, 0.2) is 93.5 Å². The highest BCUT2D eigenvalue weighted by Gasteiger charge is 2.15. The first-order valence-corrected chi connectivity index (χ1v) is 13.2. The van der Waals surface area contributed by atoms with E-state index in [9.17, 15) is 13.2 Å². The number of benzene rings is 3. The van der Waals surface area contributed by atoms with Crippen molar-refractivity contribution in [2.75, 3.05) is 0 Å². The minimum absolute atomic E-state index is 0.173. The van der Waals surface area contributed by atoms with E-state index < -0.39 is 16.0 Å². The molecule has 0 aliphatic rings. The smallest absolute Gasteiger partial charge is 0.343 e. The van der Waals surface area contributed by atoms with Crippen molar-refractivity contribution in [1.29, 1.82) is 0 Å². The zero-order valence-electron chi connectivity index (χ0n) is 18.8. The van der Waals surface area contributed by atoms with Crippen LogP contribution in [0.25, 0.3) is 11.3 Å². The summed E-state index contributed by atoms with van der Waals surface area (Å²) in [7, 11) is -3.83. The van der Waals surface area contributed by atoms with Crippen LogP contribution in [0.4, 0.5) is 0 Å². The van der Waals surface area contributed by atoms with Crippen LogP contribution in [0.3, 0.4) is 0 Å². The lowest BCUT2D eigenvalue weighted by atomic mass is 10.1. The van der Waals surface area contributed by atoms with Crippen molar-refractivity contribution >= 4 is 27.3 Å². The number of aromatic nitrogens is 1. The molecule has 8 heteroatoms. The van der Waals surface area contributed by atoms with E-state index in [1.807, 2.05) is 54.1 Å². The van der Waals surface area contributed by atoms with E-state index in [1.54, 1.807) is 48.5 Å². The Labute approximate surface area is 202 Å². The molecule has 0 radical (unpaired) electrons. The number of thiazole rings is 1. The van der Waals surface area contributed by atoms with E-state index >= 15 is 0 Å². The molecule has 4 aromatic rings. The molecule has 4 rings (SSSR count). The summed E-state index contributed by atoms with van der Waals surface area (Å²) in [6.45, 7) is 4.51. The van der Waals surface area contributed by atoms with Crippen LogP contribution >= 0.6 is 11.3 Å². The molecule has 0 bridgehead atoms. The van der Waals surface area contributed by atoms with Crippen LogP contribution in [0.2, 0.25) is 0 Å². The third-order valence-corrected chi connectivity index (χ3v) is 7.57. The molecule has 0 N–H and O–H groups in total. The summed E-state index contributed by atoms with van der Waals surface area (Å²) in [5.41, 5.74) is 3.25. The molecule has 0 aliphatic heterocycles. The molecule has 0 saturated carbocycles. The van der Waals surface area contributed by atoms with Gasteiger partial charge >= 0.3 is 5.97 Å². The standard InChI is InChI=1S/C26H24N2O4S2/c1-3-19-10-16-23(17-11-19)34(30,31)27-26-28(4-2)24(18-33-26)20-12-14-22(15-13-20)32-25(29)21-8-6-5-7-9-21/h5-18H,3-4H2,1-2H3/b27-26+. The van der Waals surface area contributed by atoms with E-state index in [1.165, 1.54) is 11.3 Å². The Morgan fingerprint density at radius 3 is 2.24 bits per heavy atom. The van der Waals surface area contributed by atoms with Gasteiger partial charge in [0.05, 0.1) is 16.2 Å². The number of rotatable bonds is 7. The first-order chi connectivity index (χ1) is 16.4. The number of hydrogen-bond donors (Lipinski definition) is 0. The first kappa shape index (κ1) is 23.7. The van der Waals surface area contributed by atoms with Crippen LogP contribution in [0.1, 0.15) is 29.8 Å². The second-order valence-electron chi connectivity index (χ2n) is 7.49. The quantitative estimate of drug-likeness (QED) is 0.259. The first-order valence-electron chi connectivity index (χ1n) is 10.9. The SMILES string of the molecule is CCc1ccc(S(=O)(=O)/N=c2/scc(-c3ccc(OC(=O)c4ccccc4)cc3)n2CC)cc1. The lowest BCUT2D eigenvalue weighted by molar-refractivity contribution is 0.0734. The van der Waals surface area contributed by atoms with Gasteiger partial charge in [-0.25, -0.2) is 4.79 Å². The van der Waals surface area contributed by atoms with Crippen molar-refractivity contribution in [3.05, 3.63) is 100 Å². The summed E-state index contributed by atoms with van der Waals surface area (Å²) < 4.78 is 37.1. The Morgan fingerprint density at radius 1 is 0.941 bits per heavy atom. The maximum Gasteiger partial charge on any atom is 0.343 e. The third kappa shape index (κ3) is 5.18. The lowest BCUT2D eigenvalue weighted by Gasteiger charge is -2.08. The Kier molecular flexibility index (Phi) is 7.09. The Bertz CT molecular complexity index is 1450. The molecule has 0 spiro atoms. The van der Waals surface area contributed by atoms with E-state index in [4.69, 9.17) is 4.74 Å². The average Bonchev–Trinajstić information content (AvgIpc) is 3.26. The lowest BCUT2D eigenvalue weighted by Crippen LogP contribution is -2.17. The summed E-state index contributed by atoms with van der Waals surface area (Å²) in [6, 6.07) is 22.7. The van der Waals surface area contributed by atoms with E-state index in [-0.39, 0.29) is 4.90 Å².